The summed E-state index contributed by atoms with van der Waals surface area (Å²) in [6.45, 7) is 4.12. The molecule has 1 saturated heterocycles. The van der Waals surface area contributed by atoms with Crippen molar-refractivity contribution >= 4 is 9.84 Å². The molecule has 1 aliphatic rings. The van der Waals surface area contributed by atoms with E-state index in [0.29, 0.717) is 23.3 Å². The van der Waals surface area contributed by atoms with Gasteiger partial charge in [-0.1, -0.05) is 20.3 Å². The fourth-order valence-corrected chi connectivity index (χ4v) is 4.16. The lowest BCUT2D eigenvalue weighted by Crippen LogP contribution is -2.16. The maximum Gasteiger partial charge on any atom is 0.150 e. The Kier molecular flexibility index (Phi) is 3.16. The predicted molar refractivity (Wildman–Crippen MR) is 50.8 cm³/mol. The molecule has 1 fully saturated rings. The van der Waals surface area contributed by atoms with E-state index in [2.05, 4.69) is 6.92 Å². The van der Waals surface area contributed by atoms with Gasteiger partial charge in [0.05, 0.1) is 11.5 Å². The van der Waals surface area contributed by atoms with Crippen LogP contribution in [-0.2, 0) is 9.84 Å². The van der Waals surface area contributed by atoms with Gasteiger partial charge in [-0.05, 0) is 24.7 Å². The third kappa shape index (κ3) is 2.77. The quantitative estimate of drug-likeness (QED) is 0.632. The van der Waals surface area contributed by atoms with Crippen LogP contribution < -0.4 is 0 Å². The molecule has 2 nitrogen and oxygen atoms in total. The maximum absolute atomic E-state index is 11.5. The lowest BCUT2D eigenvalue weighted by Gasteiger charge is -2.08. The van der Waals surface area contributed by atoms with Crippen LogP contribution in [0.15, 0.2) is 0 Å². The average molecular weight is 190 g/mol. The Balaban J connectivity index is 2.69. The van der Waals surface area contributed by atoms with Crippen molar-refractivity contribution in [3.8, 4) is 0 Å². The van der Waals surface area contributed by atoms with Gasteiger partial charge in [-0.3, -0.25) is 0 Å². The molecule has 0 radical (unpaired) electrons. The molecule has 0 aromatic heterocycles. The monoisotopic (exact) mass is 190 g/mol. The molecule has 0 aliphatic carbocycles. The van der Waals surface area contributed by atoms with Gasteiger partial charge < -0.3 is 0 Å². The van der Waals surface area contributed by atoms with Crippen LogP contribution in [0.2, 0.25) is 0 Å². The van der Waals surface area contributed by atoms with Crippen LogP contribution in [-0.4, -0.2) is 19.9 Å². The highest BCUT2D eigenvalue weighted by molar-refractivity contribution is 7.91. The Bertz CT molecular complexity index is 231. The second kappa shape index (κ2) is 3.77. The molecule has 2 atom stereocenters. The van der Waals surface area contributed by atoms with Gasteiger partial charge in [-0.2, -0.15) is 0 Å². The molecule has 72 valence electrons. The van der Waals surface area contributed by atoms with Crippen LogP contribution in [0.3, 0.4) is 0 Å². The Morgan fingerprint density at radius 3 is 2.50 bits per heavy atom. The van der Waals surface area contributed by atoms with E-state index in [1.54, 1.807) is 0 Å². The van der Waals surface area contributed by atoms with Crippen molar-refractivity contribution in [1.29, 1.82) is 0 Å². The number of hydrogen-bond donors (Lipinski definition) is 0. The smallest absolute Gasteiger partial charge is 0.150 e. The minimum Gasteiger partial charge on any atom is -0.229 e. The molecule has 0 spiro atoms. The van der Waals surface area contributed by atoms with Gasteiger partial charge in [0.15, 0.2) is 9.84 Å². The van der Waals surface area contributed by atoms with Gasteiger partial charge >= 0.3 is 0 Å². The van der Waals surface area contributed by atoms with Crippen molar-refractivity contribution in [1.82, 2.24) is 0 Å². The zero-order valence-electron chi connectivity index (χ0n) is 7.91. The molecule has 3 heteroatoms. The minimum atomic E-state index is -2.73. The van der Waals surface area contributed by atoms with E-state index < -0.39 is 9.84 Å². The zero-order valence-corrected chi connectivity index (χ0v) is 8.73. The maximum atomic E-state index is 11.5. The Morgan fingerprint density at radius 2 is 1.92 bits per heavy atom. The summed E-state index contributed by atoms with van der Waals surface area (Å²) in [7, 11) is -2.73. The van der Waals surface area contributed by atoms with Crippen LogP contribution in [0, 0.1) is 11.8 Å². The van der Waals surface area contributed by atoms with E-state index in [-0.39, 0.29) is 0 Å². The summed E-state index contributed by atoms with van der Waals surface area (Å²) in [6, 6.07) is 0. The van der Waals surface area contributed by atoms with E-state index in [0.717, 1.165) is 19.3 Å². The van der Waals surface area contributed by atoms with Crippen molar-refractivity contribution in [2.45, 2.75) is 33.1 Å². The van der Waals surface area contributed by atoms with Crippen molar-refractivity contribution in [2.24, 2.45) is 11.8 Å². The summed E-state index contributed by atoms with van der Waals surface area (Å²) in [4.78, 5) is 0. The molecule has 12 heavy (non-hydrogen) atoms. The molecule has 1 aliphatic heterocycles. The van der Waals surface area contributed by atoms with Crippen molar-refractivity contribution in [2.75, 3.05) is 11.5 Å². The molecule has 0 saturated carbocycles. The van der Waals surface area contributed by atoms with E-state index in [1.807, 2.05) is 6.92 Å². The lowest BCUT2D eigenvalue weighted by atomic mass is 9.98. The fourth-order valence-electron chi connectivity index (χ4n) is 1.87. The van der Waals surface area contributed by atoms with Gasteiger partial charge in [0.25, 0.3) is 0 Å². The van der Waals surface area contributed by atoms with Crippen LogP contribution in [0.4, 0.5) is 0 Å². The van der Waals surface area contributed by atoms with Gasteiger partial charge in [-0.25, -0.2) is 8.42 Å². The van der Waals surface area contributed by atoms with Gasteiger partial charge in [0, 0.05) is 0 Å². The van der Waals surface area contributed by atoms with E-state index in [1.165, 1.54) is 0 Å². The Hall–Kier alpha value is -0.0500. The van der Waals surface area contributed by atoms with Crippen molar-refractivity contribution in [3.05, 3.63) is 0 Å². The Labute approximate surface area is 75.3 Å². The topological polar surface area (TPSA) is 34.1 Å². The highest BCUT2D eigenvalue weighted by Gasteiger charge is 2.25. The molecular formula is C9H18O2S. The van der Waals surface area contributed by atoms with E-state index in [9.17, 15) is 8.42 Å². The average Bonchev–Trinajstić information content (AvgIpc) is 2.07. The molecule has 0 amide bonds. The highest BCUT2D eigenvalue weighted by atomic mass is 32.2. The summed E-state index contributed by atoms with van der Waals surface area (Å²) in [5.74, 6) is 1.61. The van der Waals surface area contributed by atoms with Crippen LogP contribution in [0.5, 0.6) is 0 Å². The molecule has 1 heterocycles. The molecule has 0 N–H and O–H groups in total. The number of hydrogen-bond acceptors (Lipinski definition) is 2. The Morgan fingerprint density at radius 1 is 1.25 bits per heavy atom. The third-order valence-corrected chi connectivity index (χ3v) is 4.73. The number of sulfone groups is 1. The minimum absolute atomic E-state index is 0.367. The van der Waals surface area contributed by atoms with Crippen LogP contribution in [0.1, 0.15) is 33.1 Å². The number of rotatable bonds is 1. The standard InChI is InChI=1S/C9H18O2S/c1-3-9-5-4-8(2)6-12(10,11)7-9/h8-9H,3-7H2,1-2H3. The van der Waals surface area contributed by atoms with Crippen LogP contribution in [0.25, 0.3) is 0 Å². The lowest BCUT2D eigenvalue weighted by molar-refractivity contribution is 0.461. The SMILES string of the molecule is CCC1CCC(C)CS(=O)(=O)C1. The molecule has 0 bridgehead atoms. The van der Waals surface area contributed by atoms with E-state index in [4.69, 9.17) is 0 Å². The molecule has 1 rings (SSSR count). The first-order valence-electron chi connectivity index (χ1n) is 4.74. The normalized spacial score (nSPS) is 35.8. The first kappa shape index (κ1) is 10.0. The summed E-state index contributed by atoms with van der Waals surface area (Å²) in [6.07, 6.45) is 3.18. The summed E-state index contributed by atoms with van der Waals surface area (Å²) >= 11 is 0. The predicted octanol–water partition coefficient (Wildman–Crippen LogP) is 1.86. The second-order valence-corrected chi connectivity index (χ2v) is 6.19. The largest absolute Gasteiger partial charge is 0.229 e. The van der Waals surface area contributed by atoms with Crippen LogP contribution >= 0.6 is 0 Å². The highest BCUT2D eigenvalue weighted by Crippen LogP contribution is 2.23. The molecule has 2 unspecified atom stereocenters. The van der Waals surface area contributed by atoms with Crippen molar-refractivity contribution < 1.29 is 8.42 Å². The zero-order chi connectivity index (χ0) is 9.19. The third-order valence-electron chi connectivity index (χ3n) is 2.67. The summed E-state index contributed by atoms with van der Waals surface area (Å²) in [5, 5.41) is 0. The van der Waals surface area contributed by atoms with Gasteiger partial charge in [0.1, 0.15) is 0 Å². The van der Waals surface area contributed by atoms with E-state index >= 15 is 0 Å². The molecular weight excluding hydrogens is 172 g/mol. The summed E-state index contributed by atoms with van der Waals surface area (Å²) in [5.41, 5.74) is 0. The van der Waals surface area contributed by atoms with Gasteiger partial charge in [-0.15, -0.1) is 0 Å². The first-order valence-corrected chi connectivity index (χ1v) is 6.56. The summed E-state index contributed by atoms with van der Waals surface area (Å²) < 4.78 is 22.9. The van der Waals surface area contributed by atoms with Crippen molar-refractivity contribution in [3.63, 3.8) is 0 Å². The molecule has 0 aromatic carbocycles. The second-order valence-electron chi connectivity index (χ2n) is 4.03. The molecule has 0 aromatic rings. The van der Waals surface area contributed by atoms with Gasteiger partial charge in [0.2, 0.25) is 0 Å². The fraction of sp³-hybridized carbons (Fsp3) is 1.00. The first-order chi connectivity index (χ1) is 5.53.